The highest BCUT2D eigenvalue weighted by Gasteiger charge is 2.12. The van der Waals surface area contributed by atoms with Gasteiger partial charge in [0.1, 0.15) is 5.75 Å². The van der Waals surface area contributed by atoms with Crippen LogP contribution in [0.1, 0.15) is 21.8 Å². The molecule has 2 aromatic carbocycles. The number of nitrogens with one attached hydrogen (secondary N) is 2. The van der Waals surface area contributed by atoms with Crippen molar-refractivity contribution in [3.8, 4) is 17.2 Å². The van der Waals surface area contributed by atoms with Gasteiger partial charge in [0.2, 0.25) is 11.8 Å². The second-order valence-electron chi connectivity index (χ2n) is 6.95. The third-order valence-electron chi connectivity index (χ3n) is 4.71. The van der Waals surface area contributed by atoms with Gasteiger partial charge in [0, 0.05) is 12.1 Å². The molecule has 1 heterocycles. The maximum Gasteiger partial charge on any atom is 0.277 e. The number of aromatic nitrogens is 2. The Morgan fingerprint density at radius 2 is 1.71 bits per heavy atom. The van der Waals surface area contributed by atoms with Crippen molar-refractivity contribution in [3.05, 3.63) is 59.5 Å². The number of hydrogen-bond acceptors (Lipinski definition) is 9. The third kappa shape index (κ3) is 7.14. The van der Waals surface area contributed by atoms with Crippen molar-refractivity contribution in [1.29, 1.82) is 0 Å². The van der Waals surface area contributed by atoms with Crippen LogP contribution in [0.25, 0.3) is 0 Å². The van der Waals surface area contributed by atoms with Crippen LogP contribution >= 0.6 is 11.8 Å². The van der Waals surface area contributed by atoms with E-state index in [1.165, 1.54) is 0 Å². The molecular formula is C23H26N4O6S. The largest absolute Gasteiger partial charge is 0.497 e. The molecule has 0 aliphatic heterocycles. The van der Waals surface area contributed by atoms with Gasteiger partial charge < -0.3 is 29.3 Å². The summed E-state index contributed by atoms with van der Waals surface area (Å²) in [6, 6.07) is 12.4. The molecule has 10 nitrogen and oxygen atoms in total. The normalized spacial score (nSPS) is 10.4. The van der Waals surface area contributed by atoms with E-state index in [9.17, 15) is 9.59 Å². The molecule has 0 radical (unpaired) electrons. The van der Waals surface area contributed by atoms with E-state index >= 15 is 0 Å². The lowest BCUT2D eigenvalue weighted by Gasteiger charge is -2.10. The van der Waals surface area contributed by atoms with E-state index in [1.807, 2.05) is 18.2 Å². The van der Waals surface area contributed by atoms with E-state index in [2.05, 4.69) is 20.8 Å². The summed E-state index contributed by atoms with van der Waals surface area (Å²) in [7, 11) is 4.73. The van der Waals surface area contributed by atoms with Crippen molar-refractivity contribution in [1.82, 2.24) is 20.8 Å². The fourth-order valence-corrected chi connectivity index (χ4v) is 3.54. The summed E-state index contributed by atoms with van der Waals surface area (Å²) in [6.45, 7) is 0.553. The van der Waals surface area contributed by atoms with E-state index in [-0.39, 0.29) is 35.2 Å². The number of carbonyl (C=O) groups is 2. The highest BCUT2D eigenvalue weighted by molar-refractivity contribution is 7.99. The Morgan fingerprint density at radius 3 is 2.41 bits per heavy atom. The summed E-state index contributed by atoms with van der Waals surface area (Å²) < 4.78 is 21.1. The molecule has 0 unspecified atom stereocenters. The first-order chi connectivity index (χ1) is 16.5. The maximum atomic E-state index is 12.2. The molecule has 180 valence electrons. The number of thioether (sulfide) groups is 1. The molecule has 0 aliphatic carbocycles. The average Bonchev–Trinajstić information content (AvgIpc) is 3.33. The first kappa shape index (κ1) is 24.9. The van der Waals surface area contributed by atoms with E-state index in [0.717, 1.165) is 17.3 Å². The van der Waals surface area contributed by atoms with Gasteiger partial charge in [-0.3, -0.25) is 9.59 Å². The Kier molecular flexibility index (Phi) is 9.15. The lowest BCUT2D eigenvalue weighted by Crippen LogP contribution is -2.27. The van der Waals surface area contributed by atoms with Crippen LogP contribution in [0.5, 0.6) is 17.2 Å². The first-order valence-electron chi connectivity index (χ1n) is 10.4. The Labute approximate surface area is 201 Å². The third-order valence-corrected chi connectivity index (χ3v) is 5.53. The van der Waals surface area contributed by atoms with Crippen molar-refractivity contribution in [2.75, 3.05) is 33.6 Å². The van der Waals surface area contributed by atoms with Crippen molar-refractivity contribution in [2.24, 2.45) is 0 Å². The van der Waals surface area contributed by atoms with Gasteiger partial charge in [-0.1, -0.05) is 17.8 Å². The van der Waals surface area contributed by atoms with Gasteiger partial charge in [0.25, 0.3) is 11.1 Å². The lowest BCUT2D eigenvalue weighted by atomic mass is 10.1. The van der Waals surface area contributed by atoms with Crippen LogP contribution in [0.15, 0.2) is 52.1 Å². The molecule has 3 aromatic rings. The van der Waals surface area contributed by atoms with Gasteiger partial charge in [0.15, 0.2) is 11.5 Å². The van der Waals surface area contributed by atoms with Gasteiger partial charge >= 0.3 is 0 Å². The summed E-state index contributed by atoms with van der Waals surface area (Å²) in [5, 5.41) is 13.6. The molecule has 0 fully saturated rings. The highest BCUT2D eigenvalue weighted by Crippen LogP contribution is 2.27. The van der Waals surface area contributed by atoms with Gasteiger partial charge in [0.05, 0.1) is 33.6 Å². The number of nitrogens with zero attached hydrogens (tertiary/aromatic N) is 2. The predicted molar refractivity (Wildman–Crippen MR) is 125 cm³/mol. The van der Waals surface area contributed by atoms with E-state index in [0.29, 0.717) is 35.8 Å². The summed E-state index contributed by atoms with van der Waals surface area (Å²) >= 11 is 1.13. The molecule has 1 aromatic heterocycles. The number of rotatable bonds is 12. The summed E-state index contributed by atoms with van der Waals surface area (Å²) in [6.07, 6.45) is 0.648. The molecule has 2 N–H and O–H groups in total. The van der Waals surface area contributed by atoms with Crippen LogP contribution in [-0.4, -0.2) is 55.6 Å². The van der Waals surface area contributed by atoms with E-state index in [1.54, 1.807) is 45.6 Å². The Balaban J connectivity index is 1.37. The zero-order valence-electron chi connectivity index (χ0n) is 19.1. The van der Waals surface area contributed by atoms with Gasteiger partial charge in [-0.25, -0.2) is 0 Å². The Hall–Kier alpha value is -3.73. The molecule has 0 aliphatic rings. The molecule has 0 saturated heterocycles. The van der Waals surface area contributed by atoms with Crippen molar-refractivity contribution < 1.29 is 28.2 Å². The van der Waals surface area contributed by atoms with Crippen LogP contribution in [0.2, 0.25) is 0 Å². The zero-order chi connectivity index (χ0) is 24.3. The minimum Gasteiger partial charge on any atom is -0.497 e. The van der Waals surface area contributed by atoms with Crippen LogP contribution in [0, 0.1) is 0 Å². The Morgan fingerprint density at radius 1 is 0.941 bits per heavy atom. The van der Waals surface area contributed by atoms with Gasteiger partial charge in [-0.2, -0.15) is 0 Å². The molecule has 0 bridgehead atoms. The van der Waals surface area contributed by atoms with E-state index < -0.39 is 0 Å². The summed E-state index contributed by atoms with van der Waals surface area (Å²) in [4.78, 5) is 24.3. The fraction of sp³-hybridized carbons (Fsp3) is 0.304. The monoisotopic (exact) mass is 486 g/mol. The highest BCUT2D eigenvalue weighted by atomic mass is 32.2. The number of methoxy groups -OCH3 is 3. The number of ether oxygens (including phenoxy) is 3. The summed E-state index contributed by atoms with van der Waals surface area (Å²) in [5.41, 5.74) is 1.50. The maximum absolute atomic E-state index is 12.2. The van der Waals surface area contributed by atoms with Crippen LogP contribution in [0.4, 0.5) is 0 Å². The molecule has 3 rings (SSSR count). The van der Waals surface area contributed by atoms with Crippen molar-refractivity contribution >= 4 is 23.6 Å². The second-order valence-corrected chi connectivity index (χ2v) is 7.88. The van der Waals surface area contributed by atoms with Crippen LogP contribution < -0.4 is 24.8 Å². The SMILES string of the molecule is COc1ccc(C(=O)NCc2nnc(SCC(=O)NCCc3ccc(OC)c(OC)c3)o2)cc1. The molecule has 0 atom stereocenters. The zero-order valence-corrected chi connectivity index (χ0v) is 19.9. The van der Waals surface area contributed by atoms with Crippen LogP contribution in [-0.2, 0) is 17.8 Å². The van der Waals surface area contributed by atoms with Gasteiger partial charge in [-0.15, -0.1) is 10.2 Å². The minimum atomic E-state index is -0.274. The Bertz CT molecular complexity index is 1100. The number of hydrogen-bond donors (Lipinski definition) is 2. The molecular weight excluding hydrogens is 460 g/mol. The standard InChI is InChI=1S/C23H26N4O6S/c1-30-17-7-5-16(6-8-17)22(29)25-13-21-26-27-23(33-21)34-14-20(28)24-11-10-15-4-9-18(31-2)19(12-15)32-3/h4-9,12H,10-11,13-14H2,1-3H3,(H,24,28)(H,25,29). The van der Waals surface area contributed by atoms with Gasteiger partial charge in [-0.05, 0) is 48.4 Å². The van der Waals surface area contributed by atoms with E-state index in [4.69, 9.17) is 18.6 Å². The minimum absolute atomic E-state index is 0.0793. The summed E-state index contributed by atoms with van der Waals surface area (Å²) in [5.74, 6) is 1.92. The molecule has 0 saturated carbocycles. The average molecular weight is 487 g/mol. The number of amides is 2. The second kappa shape index (κ2) is 12.5. The molecule has 34 heavy (non-hydrogen) atoms. The number of benzene rings is 2. The lowest BCUT2D eigenvalue weighted by molar-refractivity contribution is -0.118. The number of carbonyl (C=O) groups excluding carboxylic acids is 2. The van der Waals surface area contributed by atoms with Crippen molar-refractivity contribution in [3.63, 3.8) is 0 Å². The molecule has 11 heteroatoms. The smallest absolute Gasteiger partial charge is 0.277 e. The van der Waals surface area contributed by atoms with Crippen molar-refractivity contribution in [2.45, 2.75) is 18.2 Å². The predicted octanol–water partition coefficient (Wildman–Crippen LogP) is 2.48. The fourth-order valence-electron chi connectivity index (χ4n) is 2.93. The quantitative estimate of drug-likeness (QED) is 0.371. The van der Waals surface area contributed by atoms with Crippen LogP contribution in [0.3, 0.4) is 0 Å². The molecule has 2 amide bonds. The first-order valence-corrected chi connectivity index (χ1v) is 11.4. The topological polar surface area (TPSA) is 125 Å². The molecule has 0 spiro atoms.